The molecule has 0 saturated carbocycles. The van der Waals surface area contributed by atoms with E-state index in [1.165, 1.54) is 4.88 Å². The van der Waals surface area contributed by atoms with Crippen LogP contribution in [0, 0.1) is 11.3 Å². The smallest absolute Gasteiger partial charge is 0.0991 e. The van der Waals surface area contributed by atoms with E-state index >= 15 is 0 Å². The fourth-order valence-corrected chi connectivity index (χ4v) is 2.59. The molecule has 0 aliphatic rings. The van der Waals surface area contributed by atoms with Gasteiger partial charge in [-0.25, -0.2) is 0 Å². The van der Waals surface area contributed by atoms with E-state index in [0.29, 0.717) is 5.56 Å². The Labute approximate surface area is 115 Å². The Morgan fingerprint density at radius 2 is 1.74 bits per heavy atom. The molecule has 2 nitrogen and oxygen atoms in total. The van der Waals surface area contributed by atoms with E-state index in [1.54, 1.807) is 11.3 Å². The molecule has 2 heterocycles. The van der Waals surface area contributed by atoms with Crippen LogP contribution in [0.3, 0.4) is 0 Å². The first-order valence-electron chi connectivity index (χ1n) is 5.87. The van der Waals surface area contributed by atoms with Crippen LogP contribution in [0.15, 0.2) is 60.1 Å². The van der Waals surface area contributed by atoms with E-state index < -0.39 is 0 Å². The Hall–Kier alpha value is -2.44. The van der Waals surface area contributed by atoms with Crippen LogP contribution in [0.25, 0.3) is 21.7 Å². The fraction of sp³-hybridized carbons (Fsp3) is 0. The SMILES string of the molecule is N#Cc1ccc(-c2ccc(-c3cccs3)cn2)cc1. The number of nitriles is 1. The molecule has 3 rings (SSSR count). The van der Waals surface area contributed by atoms with Crippen molar-refractivity contribution in [1.82, 2.24) is 4.98 Å². The molecule has 0 saturated heterocycles. The van der Waals surface area contributed by atoms with Gasteiger partial charge in [-0.15, -0.1) is 11.3 Å². The van der Waals surface area contributed by atoms with E-state index in [-0.39, 0.29) is 0 Å². The number of rotatable bonds is 2. The lowest BCUT2D eigenvalue weighted by Crippen LogP contribution is -1.84. The molecule has 0 atom stereocenters. The van der Waals surface area contributed by atoms with Crippen LogP contribution >= 0.6 is 11.3 Å². The monoisotopic (exact) mass is 262 g/mol. The second-order valence-corrected chi connectivity index (χ2v) is 5.05. The lowest BCUT2D eigenvalue weighted by Gasteiger charge is -2.02. The standard InChI is InChI=1S/C16H10N2S/c17-10-12-3-5-13(6-4-12)15-8-7-14(11-18-15)16-2-1-9-19-16/h1-9,11H. The molecule has 0 N–H and O–H groups in total. The molecule has 1 aromatic carbocycles. The first-order valence-corrected chi connectivity index (χ1v) is 6.75. The first-order chi connectivity index (χ1) is 9.36. The van der Waals surface area contributed by atoms with Gasteiger partial charge in [-0.1, -0.05) is 18.2 Å². The van der Waals surface area contributed by atoms with Gasteiger partial charge < -0.3 is 0 Å². The Morgan fingerprint density at radius 1 is 0.947 bits per heavy atom. The van der Waals surface area contributed by atoms with Crippen LogP contribution in [0.4, 0.5) is 0 Å². The number of benzene rings is 1. The minimum Gasteiger partial charge on any atom is -0.256 e. The zero-order valence-electron chi connectivity index (χ0n) is 10.1. The quantitative estimate of drug-likeness (QED) is 0.688. The maximum Gasteiger partial charge on any atom is 0.0991 e. The Morgan fingerprint density at radius 3 is 2.32 bits per heavy atom. The lowest BCUT2D eigenvalue weighted by atomic mass is 10.1. The van der Waals surface area contributed by atoms with Crippen molar-refractivity contribution < 1.29 is 0 Å². The van der Waals surface area contributed by atoms with Gasteiger partial charge in [-0.2, -0.15) is 5.26 Å². The molecule has 0 aliphatic heterocycles. The molecule has 0 bridgehead atoms. The molecule has 0 amide bonds. The van der Waals surface area contributed by atoms with Gasteiger partial charge in [0.25, 0.3) is 0 Å². The second kappa shape index (κ2) is 5.05. The minimum atomic E-state index is 0.666. The van der Waals surface area contributed by atoms with E-state index in [0.717, 1.165) is 16.8 Å². The summed E-state index contributed by atoms with van der Waals surface area (Å²) in [5.41, 5.74) is 3.74. The van der Waals surface area contributed by atoms with E-state index in [2.05, 4.69) is 28.6 Å². The fourth-order valence-electron chi connectivity index (χ4n) is 1.87. The third kappa shape index (κ3) is 2.40. The molecular formula is C16H10N2S. The van der Waals surface area contributed by atoms with Crippen LogP contribution < -0.4 is 0 Å². The van der Waals surface area contributed by atoms with E-state index in [4.69, 9.17) is 5.26 Å². The predicted octanol–water partition coefficient (Wildman–Crippen LogP) is 4.35. The molecule has 0 fully saturated rings. The maximum absolute atomic E-state index is 8.78. The number of thiophene rings is 1. The normalized spacial score (nSPS) is 10.1. The third-order valence-corrected chi connectivity index (χ3v) is 3.80. The van der Waals surface area contributed by atoms with Crippen LogP contribution in [-0.2, 0) is 0 Å². The maximum atomic E-state index is 8.78. The summed E-state index contributed by atoms with van der Waals surface area (Å²) in [6.07, 6.45) is 1.89. The van der Waals surface area contributed by atoms with Crippen LogP contribution in [-0.4, -0.2) is 4.98 Å². The van der Waals surface area contributed by atoms with Crippen molar-refractivity contribution in [2.24, 2.45) is 0 Å². The summed E-state index contributed by atoms with van der Waals surface area (Å²) in [6.45, 7) is 0. The number of hydrogen-bond donors (Lipinski definition) is 0. The minimum absolute atomic E-state index is 0.666. The van der Waals surface area contributed by atoms with Crippen molar-refractivity contribution in [3.05, 3.63) is 65.7 Å². The molecular weight excluding hydrogens is 252 g/mol. The Balaban J connectivity index is 1.92. The number of aromatic nitrogens is 1. The molecule has 90 valence electrons. The van der Waals surface area contributed by atoms with Crippen molar-refractivity contribution in [3.8, 4) is 27.8 Å². The van der Waals surface area contributed by atoms with Gasteiger partial charge in [0.05, 0.1) is 17.3 Å². The molecule has 0 unspecified atom stereocenters. The van der Waals surface area contributed by atoms with E-state index in [9.17, 15) is 0 Å². The van der Waals surface area contributed by atoms with Crippen molar-refractivity contribution in [2.45, 2.75) is 0 Å². The number of hydrogen-bond acceptors (Lipinski definition) is 3. The summed E-state index contributed by atoms with van der Waals surface area (Å²) in [4.78, 5) is 5.71. The zero-order chi connectivity index (χ0) is 13.1. The summed E-state index contributed by atoms with van der Waals surface area (Å²) in [5.74, 6) is 0. The molecule has 3 aromatic rings. The second-order valence-electron chi connectivity index (χ2n) is 4.10. The number of nitrogens with zero attached hydrogens (tertiary/aromatic N) is 2. The topological polar surface area (TPSA) is 36.7 Å². The molecule has 3 heteroatoms. The third-order valence-electron chi connectivity index (χ3n) is 2.88. The summed E-state index contributed by atoms with van der Waals surface area (Å²) in [5, 5.41) is 10.8. The highest BCUT2D eigenvalue weighted by atomic mass is 32.1. The lowest BCUT2D eigenvalue weighted by molar-refractivity contribution is 1.33. The highest BCUT2D eigenvalue weighted by Crippen LogP contribution is 2.26. The number of pyridine rings is 1. The molecule has 0 radical (unpaired) electrons. The Bertz CT molecular complexity index is 705. The van der Waals surface area contributed by atoms with Crippen molar-refractivity contribution in [3.63, 3.8) is 0 Å². The van der Waals surface area contributed by atoms with Crippen molar-refractivity contribution >= 4 is 11.3 Å². The van der Waals surface area contributed by atoms with Gasteiger partial charge in [0.2, 0.25) is 0 Å². The van der Waals surface area contributed by atoms with Gasteiger partial charge in [0, 0.05) is 22.2 Å². The van der Waals surface area contributed by atoms with Crippen LogP contribution in [0.1, 0.15) is 5.56 Å². The van der Waals surface area contributed by atoms with Gasteiger partial charge in [-0.3, -0.25) is 4.98 Å². The molecule has 2 aromatic heterocycles. The van der Waals surface area contributed by atoms with Gasteiger partial charge in [-0.05, 0) is 35.7 Å². The summed E-state index contributed by atoms with van der Waals surface area (Å²) in [7, 11) is 0. The predicted molar refractivity (Wildman–Crippen MR) is 77.7 cm³/mol. The first kappa shape index (κ1) is 11.6. The van der Waals surface area contributed by atoms with Crippen molar-refractivity contribution in [1.29, 1.82) is 5.26 Å². The molecule has 19 heavy (non-hydrogen) atoms. The average Bonchev–Trinajstić information content (AvgIpc) is 3.02. The summed E-state index contributed by atoms with van der Waals surface area (Å²) in [6, 6.07) is 17.8. The van der Waals surface area contributed by atoms with Crippen molar-refractivity contribution in [2.75, 3.05) is 0 Å². The van der Waals surface area contributed by atoms with Gasteiger partial charge in [0.1, 0.15) is 0 Å². The summed E-state index contributed by atoms with van der Waals surface area (Å²) < 4.78 is 0. The summed E-state index contributed by atoms with van der Waals surface area (Å²) >= 11 is 1.71. The highest BCUT2D eigenvalue weighted by Gasteiger charge is 2.02. The van der Waals surface area contributed by atoms with Crippen LogP contribution in [0.2, 0.25) is 0 Å². The molecule has 0 spiro atoms. The largest absolute Gasteiger partial charge is 0.256 e. The highest BCUT2D eigenvalue weighted by molar-refractivity contribution is 7.13. The van der Waals surface area contributed by atoms with Gasteiger partial charge in [0.15, 0.2) is 0 Å². The zero-order valence-corrected chi connectivity index (χ0v) is 10.9. The molecule has 0 aliphatic carbocycles. The van der Waals surface area contributed by atoms with E-state index in [1.807, 2.05) is 42.6 Å². The Kier molecular flexibility index (Phi) is 3.09. The van der Waals surface area contributed by atoms with Gasteiger partial charge >= 0.3 is 0 Å². The van der Waals surface area contributed by atoms with Crippen LogP contribution in [0.5, 0.6) is 0 Å². The average molecular weight is 262 g/mol.